The first-order valence-electron chi connectivity index (χ1n) is 8.33. The number of fused-ring (bicyclic) bond motifs is 1. The van der Waals surface area contributed by atoms with E-state index in [-0.39, 0.29) is 11.1 Å². The zero-order chi connectivity index (χ0) is 20.4. The predicted octanol–water partition coefficient (Wildman–Crippen LogP) is 1.86. The van der Waals surface area contributed by atoms with E-state index in [1.807, 2.05) is 6.07 Å². The van der Waals surface area contributed by atoms with Gasteiger partial charge < -0.3 is 4.74 Å². The third-order valence-electron chi connectivity index (χ3n) is 4.25. The van der Waals surface area contributed by atoms with Crippen molar-refractivity contribution in [3.63, 3.8) is 0 Å². The number of rotatable bonds is 6. The number of nitrogens with zero attached hydrogens (tertiary/aromatic N) is 3. The van der Waals surface area contributed by atoms with Crippen molar-refractivity contribution in [3.8, 4) is 6.07 Å². The number of imide groups is 1. The van der Waals surface area contributed by atoms with E-state index in [0.717, 1.165) is 4.90 Å². The van der Waals surface area contributed by atoms with E-state index in [9.17, 15) is 24.4 Å². The minimum absolute atomic E-state index is 0.215. The summed E-state index contributed by atoms with van der Waals surface area (Å²) in [5.41, 5.74) is 1.11. The fraction of sp³-hybridized carbons (Fsp3) is 0.263. The lowest BCUT2D eigenvalue weighted by Crippen LogP contribution is -2.44. The zero-order valence-electron chi connectivity index (χ0n) is 15.0. The lowest BCUT2D eigenvalue weighted by atomic mass is 10.1. The van der Waals surface area contributed by atoms with Crippen LogP contribution in [0.4, 0.5) is 0 Å². The van der Waals surface area contributed by atoms with E-state index in [1.165, 1.54) is 30.4 Å². The Hall–Kier alpha value is -3.38. The molecule has 0 bridgehead atoms. The van der Waals surface area contributed by atoms with Crippen LogP contribution in [0.3, 0.4) is 0 Å². The summed E-state index contributed by atoms with van der Waals surface area (Å²) >= 11 is 1.17. The van der Waals surface area contributed by atoms with Gasteiger partial charge in [0.1, 0.15) is 11.0 Å². The number of thiazole rings is 1. The summed E-state index contributed by atoms with van der Waals surface area (Å²) in [6, 6.07) is 6.90. The molecule has 1 aromatic carbocycles. The highest BCUT2D eigenvalue weighted by molar-refractivity contribution is 7.09. The lowest BCUT2D eigenvalue weighted by molar-refractivity contribution is -0.151. The molecule has 3 rings (SSSR count). The number of nitriles is 1. The second-order valence-electron chi connectivity index (χ2n) is 6.17. The molecule has 0 spiro atoms. The molecule has 28 heavy (non-hydrogen) atoms. The number of esters is 1. The SMILES string of the molecule is Cc1csc([C@@H](C#N)C(=O)COC(=O)[C@H](C)N2C(=O)c3ccccc3C2=O)n1. The normalized spacial score (nSPS) is 15.0. The maximum Gasteiger partial charge on any atom is 0.329 e. The van der Waals surface area contributed by atoms with Crippen LogP contribution in [0.5, 0.6) is 0 Å². The molecule has 9 heteroatoms. The highest BCUT2D eigenvalue weighted by atomic mass is 32.1. The largest absolute Gasteiger partial charge is 0.456 e. The summed E-state index contributed by atoms with van der Waals surface area (Å²) in [6.45, 7) is 2.44. The molecule has 1 aromatic heterocycles. The highest BCUT2D eigenvalue weighted by Crippen LogP contribution is 2.25. The van der Waals surface area contributed by atoms with E-state index >= 15 is 0 Å². The first kappa shape index (κ1) is 19.4. The summed E-state index contributed by atoms with van der Waals surface area (Å²) in [5.74, 6) is -3.86. The van der Waals surface area contributed by atoms with Crippen molar-refractivity contribution in [1.29, 1.82) is 5.26 Å². The first-order chi connectivity index (χ1) is 13.3. The molecule has 2 heterocycles. The van der Waals surface area contributed by atoms with Gasteiger partial charge in [-0.1, -0.05) is 12.1 Å². The van der Waals surface area contributed by atoms with E-state index < -0.39 is 42.1 Å². The number of Topliss-reactive ketones (excluding diaryl/α,β-unsaturated/α-hetero) is 1. The number of ketones is 1. The fourth-order valence-electron chi connectivity index (χ4n) is 2.78. The van der Waals surface area contributed by atoms with Gasteiger partial charge in [-0.25, -0.2) is 9.78 Å². The van der Waals surface area contributed by atoms with Crippen molar-refractivity contribution in [2.45, 2.75) is 25.8 Å². The number of aromatic nitrogens is 1. The number of hydrogen-bond acceptors (Lipinski definition) is 8. The van der Waals surface area contributed by atoms with Crippen molar-refractivity contribution in [2.75, 3.05) is 6.61 Å². The smallest absolute Gasteiger partial charge is 0.329 e. The molecular weight excluding hydrogens is 382 g/mol. The van der Waals surface area contributed by atoms with Crippen LogP contribution in [0.25, 0.3) is 0 Å². The summed E-state index contributed by atoms with van der Waals surface area (Å²) in [6.07, 6.45) is 0. The average Bonchev–Trinajstić information content (AvgIpc) is 3.22. The topological polar surface area (TPSA) is 117 Å². The van der Waals surface area contributed by atoms with Crippen molar-refractivity contribution < 1.29 is 23.9 Å². The molecule has 0 radical (unpaired) electrons. The molecule has 1 aliphatic rings. The van der Waals surface area contributed by atoms with Crippen molar-refractivity contribution in [2.24, 2.45) is 0 Å². The van der Waals surface area contributed by atoms with Gasteiger partial charge in [-0.3, -0.25) is 19.3 Å². The quantitative estimate of drug-likeness (QED) is 0.539. The number of carbonyl (C=O) groups excluding carboxylic acids is 4. The molecule has 0 aliphatic carbocycles. The van der Waals surface area contributed by atoms with Gasteiger partial charge in [-0.15, -0.1) is 11.3 Å². The third-order valence-corrected chi connectivity index (χ3v) is 5.27. The van der Waals surface area contributed by atoms with Crippen molar-refractivity contribution >= 4 is 34.9 Å². The molecule has 1 aliphatic heterocycles. The summed E-state index contributed by atoms with van der Waals surface area (Å²) < 4.78 is 4.98. The molecule has 142 valence electrons. The highest BCUT2D eigenvalue weighted by Gasteiger charge is 2.41. The van der Waals surface area contributed by atoms with Crippen LogP contribution >= 0.6 is 11.3 Å². The molecule has 0 fully saturated rings. The zero-order valence-corrected chi connectivity index (χ0v) is 15.9. The maximum absolute atomic E-state index is 12.4. The minimum Gasteiger partial charge on any atom is -0.456 e. The summed E-state index contributed by atoms with van der Waals surface area (Å²) in [5, 5.41) is 11.3. The van der Waals surface area contributed by atoms with Gasteiger partial charge in [0, 0.05) is 11.1 Å². The minimum atomic E-state index is -1.21. The Balaban J connectivity index is 1.65. The molecule has 0 saturated heterocycles. The summed E-state index contributed by atoms with van der Waals surface area (Å²) in [4.78, 5) is 54.3. The number of benzene rings is 1. The van der Waals surface area contributed by atoms with Gasteiger partial charge in [-0.05, 0) is 26.0 Å². The Kier molecular flexibility index (Phi) is 5.33. The van der Waals surface area contributed by atoms with E-state index in [1.54, 1.807) is 24.4 Å². The molecule has 0 saturated carbocycles. The van der Waals surface area contributed by atoms with Gasteiger partial charge in [0.25, 0.3) is 11.8 Å². The van der Waals surface area contributed by atoms with Gasteiger partial charge in [0.2, 0.25) is 0 Å². The fourth-order valence-corrected chi connectivity index (χ4v) is 3.64. The van der Waals surface area contributed by atoms with Crippen LogP contribution in [0.1, 0.15) is 44.3 Å². The van der Waals surface area contributed by atoms with Crippen LogP contribution < -0.4 is 0 Å². The molecule has 2 atom stereocenters. The Labute approximate surface area is 164 Å². The van der Waals surface area contributed by atoms with Crippen LogP contribution in [-0.2, 0) is 14.3 Å². The van der Waals surface area contributed by atoms with Gasteiger partial charge >= 0.3 is 5.97 Å². The van der Waals surface area contributed by atoms with Crippen molar-refractivity contribution in [1.82, 2.24) is 9.88 Å². The number of carbonyl (C=O) groups is 4. The molecular formula is C19H15N3O5S. The standard InChI is InChI=1S/C19H15N3O5S/c1-10-9-28-16(21-10)14(7-20)15(23)8-27-19(26)11(2)22-17(24)12-5-3-4-6-13(12)18(22)25/h3-6,9,11,14H,8H2,1-2H3/t11-,14-/m0/s1. The van der Waals surface area contributed by atoms with E-state index in [4.69, 9.17) is 4.74 Å². The number of amides is 2. The number of aryl methyl sites for hydroxylation is 1. The van der Waals surface area contributed by atoms with Crippen LogP contribution in [-0.4, -0.2) is 46.1 Å². The summed E-state index contributed by atoms with van der Waals surface area (Å²) in [7, 11) is 0. The van der Waals surface area contributed by atoms with Crippen LogP contribution in [0.2, 0.25) is 0 Å². The second-order valence-corrected chi connectivity index (χ2v) is 7.05. The number of ether oxygens (including phenoxy) is 1. The van der Waals surface area contributed by atoms with E-state index in [0.29, 0.717) is 10.7 Å². The van der Waals surface area contributed by atoms with Crippen molar-refractivity contribution in [3.05, 3.63) is 51.5 Å². The lowest BCUT2D eigenvalue weighted by Gasteiger charge is -2.20. The molecule has 0 unspecified atom stereocenters. The third kappa shape index (κ3) is 3.42. The Morgan fingerprint density at radius 2 is 1.86 bits per heavy atom. The Morgan fingerprint density at radius 1 is 1.25 bits per heavy atom. The molecule has 2 aromatic rings. The Morgan fingerprint density at radius 3 is 2.36 bits per heavy atom. The molecule has 0 N–H and O–H groups in total. The van der Waals surface area contributed by atoms with Gasteiger partial charge in [-0.2, -0.15) is 5.26 Å². The molecule has 2 amide bonds. The monoisotopic (exact) mass is 397 g/mol. The molecule has 8 nitrogen and oxygen atoms in total. The van der Waals surface area contributed by atoms with Crippen LogP contribution in [0.15, 0.2) is 29.6 Å². The maximum atomic E-state index is 12.4. The number of hydrogen-bond donors (Lipinski definition) is 0. The average molecular weight is 397 g/mol. The van der Waals surface area contributed by atoms with Crippen LogP contribution in [0, 0.1) is 18.3 Å². The van der Waals surface area contributed by atoms with E-state index in [2.05, 4.69) is 4.98 Å². The van der Waals surface area contributed by atoms with Gasteiger partial charge in [0.05, 0.1) is 17.2 Å². The first-order valence-corrected chi connectivity index (χ1v) is 9.21. The Bertz CT molecular complexity index is 988. The van der Waals surface area contributed by atoms with Gasteiger partial charge in [0.15, 0.2) is 18.3 Å². The second kappa shape index (κ2) is 7.70. The predicted molar refractivity (Wildman–Crippen MR) is 97.6 cm³/mol.